The van der Waals surface area contributed by atoms with Crippen LogP contribution < -0.4 is 5.32 Å². The van der Waals surface area contributed by atoms with Crippen molar-refractivity contribution in [3.8, 4) is 0 Å². The Hall–Kier alpha value is -2.23. The molecule has 2 rings (SSSR count). The molecule has 1 N–H and O–H groups in total. The lowest BCUT2D eigenvalue weighted by atomic mass is 10.1. The van der Waals surface area contributed by atoms with Crippen LogP contribution in [0.3, 0.4) is 0 Å². The van der Waals surface area contributed by atoms with Crippen molar-refractivity contribution in [2.45, 2.75) is 12.8 Å². The minimum Gasteiger partial charge on any atom is -0.326 e. The number of hydrogen-bond acceptors (Lipinski definition) is 2. The number of hydrogen-bond donors (Lipinski definition) is 1. The molecular formula is C14H13FN2O. The lowest BCUT2D eigenvalue weighted by molar-refractivity contribution is -0.116. The number of halogens is 1. The first-order valence-electron chi connectivity index (χ1n) is 5.68. The molecule has 0 saturated heterocycles. The second-order valence-corrected chi connectivity index (χ2v) is 3.91. The maximum Gasteiger partial charge on any atom is 0.224 e. The molecule has 0 fully saturated rings. The van der Waals surface area contributed by atoms with Crippen LogP contribution in [0.4, 0.5) is 10.1 Å². The van der Waals surface area contributed by atoms with Crippen molar-refractivity contribution in [2.75, 3.05) is 5.32 Å². The zero-order chi connectivity index (χ0) is 12.8. The molecule has 18 heavy (non-hydrogen) atoms. The Morgan fingerprint density at radius 1 is 1.22 bits per heavy atom. The number of pyridine rings is 1. The first kappa shape index (κ1) is 12.2. The standard InChI is InChI=1S/C14H13FN2O/c15-12-2-1-3-13(10-12)17-14(18)5-4-11-6-8-16-9-7-11/h1-3,6-10H,4-5H2,(H,17,18). The average molecular weight is 244 g/mol. The summed E-state index contributed by atoms with van der Waals surface area (Å²) in [6.45, 7) is 0. The molecule has 0 bridgehead atoms. The fraction of sp³-hybridized carbons (Fsp3) is 0.143. The molecule has 0 aliphatic carbocycles. The molecule has 0 aliphatic heterocycles. The van der Waals surface area contributed by atoms with Crippen LogP contribution in [-0.2, 0) is 11.2 Å². The van der Waals surface area contributed by atoms with Gasteiger partial charge in [0.05, 0.1) is 0 Å². The van der Waals surface area contributed by atoms with E-state index in [-0.39, 0.29) is 11.7 Å². The SMILES string of the molecule is O=C(CCc1ccncc1)Nc1cccc(F)c1. The van der Waals surface area contributed by atoms with Crippen LogP contribution >= 0.6 is 0 Å². The van der Waals surface area contributed by atoms with E-state index in [9.17, 15) is 9.18 Å². The van der Waals surface area contributed by atoms with Gasteiger partial charge >= 0.3 is 0 Å². The van der Waals surface area contributed by atoms with E-state index in [0.717, 1.165) is 5.56 Å². The summed E-state index contributed by atoms with van der Waals surface area (Å²) in [5, 5.41) is 2.66. The van der Waals surface area contributed by atoms with Crippen LogP contribution in [0.1, 0.15) is 12.0 Å². The van der Waals surface area contributed by atoms with E-state index in [2.05, 4.69) is 10.3 Å². The third-order valence-corrected chi connectivity index (χ3v) is 2.50. The lowest BCUT2D eigenvalue weighted by Gasteiger charge is -2.05. The van der Waals surface area contributed by atoms with Gasteiger partial charge < -0.3 is 5.32 Å². The number of carbonyl (C=O) groups is 1. The van der Waals surface area contributed by atoms with E-state index in [4.69, 9.17) is 0 Å². The van der Waals surface area contributed by atoms with Gasteiger partial charge in [0, 0.05) is 24.5 Å². The Kier molecular flexibility index (Phi) is 4.02. The maximum absolute atomic E-state index is 12.9. The number of anilines is 1. The molecule has 1 heterocycles. The van der Waals surface area contributed by atoms with Gasteiger partial charge in [0.2, 0.25) is 5.91 Å². The van der Waals surface area contributed by atoms with Crippen molar-refractivity contribution >= 4 is 11.6 Å². The summed E-state index contributed by atoms with van der Waals surface area (Å²) in [4.78, 5) is 15.6. The smallest absolute Gasteiger partial charge is 0.224 e. The molecule has 0 atom stereocenters. The second-order valence-electron chi connectivity index (χ2n) is 3.91. The monoisotopic (exact) mass is 244 g/mol. The molecule has 4 heteroatoms. The minimum atomic E-state index is -0.359. The van der Waals surface area contributed by atoms with Crippen molar-refractivity contribution in [2.24, 2.45) is 0 Å². The fourth-order valence-corrected chi connectivity index (χ4v) is 1.60. The maximum atomic E-state index is 12.9. The molecule has 1 aromatic carbocycles. The third kappa shape index (κ3) is 3.66. The van der Waals surface area contributed by atoms with E-state index in [0.29, 0.717) is 18.5 Å². The van der Waals surface area contributed by atoms with Crippen LogP contribution in [0.15, 0.2) is 48.8 Å². The van der Waals surface area contributed by atoms with Gasteiger partial charge in [-0.2, -0.15) is 0 Å². The van der Waals surface area contributed by atoms with Gasteiger partial charge in [0.15, 0.2) is 0 Å². The van der Waals surface area contributed by atoms with E-state index < -0.39 is 0 Å². The number of nitrogens with one attached hydrogen (secondary N) is 1. The second kappa shape index (κ2) is 5.91. The Balaban J connectivity index is 1.86. The molecule has 0 spiro atoms. The predicted molar refractivity (Wildman–Crippen MR) is 67.6 cm³/mol. The summed E-state index contributed by atoms with van der Waals surface area (Å²) < 4.78 is 12.9. The van der Waals surface area contributed by atoms with Gasteiger partial charge in [0.1, 0.15) is 5.82 Å². The molecule has 2 aromatic rings. The average Bonchev–Trinajstić information content (AvgIpc) is 2.38. The van der Waals surface area contributed by atoms with Crippen LogP contribution in [0.2, 0.25) is 0 Å². The Bertz CT molecular complexity index is 528. The number of amides is 1. The summed E-state index contributed by atoms with van der Waals surface area (Å²) >= 11 is 0. The number of carbonyl (C=O) groups excluding carboxylic acids is 1. The highest BCUT2D eigenvalue weighted by Gasteiger charge is 2.03. The third-order valence-electron chi connectivity index (χ3n) is 2.50. The van der Waals surface area contributed by atoms with Crippen LogP contribution in [0.5, 0.6) is 0 Å². The van der Waals surface area contributed by atoms with Gasteiger partial charge in [-0.05, 0) is 42.3 Å². The molecule has 3 nitrogen and oxygen atoms in total. The number of aryl methyl sites for hydroxylation is 1. The van der Waals surface area contributed by atoms with Crippen molar-refractivity contribution in [1.29, 1.82) is 0 Å². The molecule has 0 aliphatic rings. The molecule has 0 radical (unpaired) electrons. The van der Waals surface area contributed by atoms with Gasteiger partial charge in [-0.25, -0.2) is 4.39 Å². The quantitative estimate of drug-likeness (QED) is 0.898. The number of rotatable bonds is 4. The van der Waals surface area contributed by atoms with E-state index in [1.165, 1.54) is 12.1 Å². The van der Waals surface area contributed by atoms with Crippen LogP contribution in [-0.4, -0.2) is 10.9 Å². The lowest BCUT2D eigenvalue weighted by Crippen LogP contribution is -2.12. The highest BCUT2D eigenvalue weighted by Crippen LogP contribution is 2.10. The highest BCUT2D eigenvalue weighted by molar-refractivity contribution is 5.90. The van der Waals surface area contributed by atoms with Crippen molar-refractivity contribution in [3.63, 3.8) is 0 Å². The van der Waals surface area contributed by atoms with Gasteiger partial charge in [-0.15, -0.1) is 0 Å². The first-order chi connectivity index (χ1) is 8.74. The number of nitrogens with zero attached hydrogens (tertiary/aromatic N) is 1. The summed E-state index contributed by atoms with van der Waals surface area (Å²) in [6, 6.07) is 9.60. The zero-order valence-corrected chi connectivity index (χ0v) is 9.77. The largest absolute Gasteiger partial charge is 0.326 e. The molecule has 0 saturated carbocycles. The Morgan fingerprint density at radius 2 is 2.00 bits per heavy atom. The molecule has 0 unspecified atom stereocenters. The van der Waals surface area contributed by atoms with Gasteiger partial charge in [0.25, 0.3) is 0 Å². The Morgan fingerprint density at radius 3 is 2.72 bits per heavy atom. The van der Waals surface area contributed by atoms with Gasteiger partial charge in [-0.3, -0.25) is 9.78 Å². The van der Waals surface area contributed by atoms with Gasteiger partial charge in [-0.1, -0.05) is 6.07 Å². The Labute approximate surface area is 105 Å². The number of aromatic nitrogens is 1. The predicted octanol–water partition coefficient (Wildman–Crippen LogP) is 2.79. The molecule has 92 valence electrons. The normalized spacial score (nSPS) is 10.1. The van der Waals surface area contributed by atoms with Crippen LogP contribution in [0.25, 0.3) is 0 Å². The number of benzene rings is 1. The molecule has 1 amide bonds. The van der Waals surface area contributed by atoms with E-state index in [1.54, 1.807) is 24.5 Å². The summed E-state index contributed by atoms with van der Waals surface area (Å²) in [5.74, 6) is -0.487. The van der Waals surface area contributed by atoms with Crippen LogP contribution in [0, 0.1) is 5.82 Å². The summed E-state index contributed by atoms with van der Waals surface area (Å²) in [5.41, 5.74) is 1.54. The zero-order valence-electron chi connectivity index (χ0n) is 9.77. The fourth-order valence-electron chi connectivity index (χ4n) is 1.60. The van der Waals surface area contributed by atoms with E-state index in [1.807, 2.05) is 12.1 Å². The molecule has 1 aromatic heterocycles. The van der Waals surface area contributed by atoms with Crippen molar-refractivity contribution in [1.82, 2.24) is 4.98 Å². The minimum absolute atomic E-state index is 0.127. The molecular weight excluding hydrogens is 231 g/mol. The summed E-state index contributed by atoms with van der Waals surface area (Å²) in [7, 11) is 0. The van der Waals surface area contributed by atoms with E-state index >= 15 is 0 Å². The topological polar surface area (TPSA) is 42.0 Å². The first-order valence-corrected chi connectivity index (χ1v) is 5.68. The highest BCUT2D eigenvalue weighted by atomic mass is 19.1. The van der Waals surface area contributed by atoms with Crippen molar-refractivity contribution in [3.05, 3.63) is 60.2 Å². The summed E-state index contributed by atoms with van der Waals surface area (Å²) in [6.07, 6.45) is 4.39. The van der Waals surface area contributed by atoms with Crippen molar-refractivity contribution < 1.29 is 9.18 Å².